The van der Waals surface area contributed by atoms with Crippen LogP contribution < -0.4 is 0 Å². The SMILES string of the molecule is C#CCC1(C(=O)OCC=C)CN(C(=O)OC(C)(C)C)CN(C(=O)c2ccccc2)C1=O. The molecule has 31 heavy (non-hydrogen) atoms. The smallest absolute Gasteiger partial charge is 0.411 e. The predicted molar refractivity (Wildman–Crippen MR) is 112 cm³/mol. The molecule has 0 N–H and O–H groups in total. The van der Waals surface area contributed by atoms with Gasteiger partial charge in [0.2, 0.25) is 0 Å². The van der Waals surface area contributed by atoms with Crippen molar-refractivity contribution in [1.82, 2.24) is 9.80 Å². The van der Waals surface area contributed by atoms with E-state index in [4.69, 9.17) is 15.9 Å². The number of imide groups is 1. The van der Waals surface area contributed by atoms with E-state index in [0.29, 0.717) is 0 Å². The number of nitrogens with zero attached hydrogens (tertiary/aromatic N) is 2. The van der Waals surface area contributed by atoms with E-state index in [1.807, 2.05) is 0 Å². The highest BCUT2D eigenvalue weighted by molar-refractivity contribution is 6.13. The summed E-state index contributed by atoms with van der Waals surface area (Å²) in [7, 11) is 0. The Hall–Kier alpha value is -3.60. The van der Waals surface area contributed by atoms with Crippen molar-refractivity contribution in [3.05, 3.63) is 48.6 Å². The number of rotatable bonds is 5. The molecule has 8 heteroatoms. The van der Waals surface area contributed by atoms with Gasteiger partial charge in [-0.05, 0) is 32.9 Å². The van der Waals surface area contributed by atoms with Crippen molar-refractivity contribution in [2.45, 2.75) is 32.8 Å². The number of benzene rings is 1. The van der Waals surface area contributed by atoms with Crippen LogP contribution in [0.25, 0.3) is 0 Å². The normalized spacial score (nSPS) is 18.7. The second kappa shape index (κ2) is 9.47. The maximum absolute atomic E-state index is 13.4. The molecule has 1 saturated heterocycles. The molecule has 1 atom stereocenters. The molecule has 164 valence electrons. The highest BCUT2D eigenvalue weighted by atomic mass is 16.6. The molecule has 0 radical (unpaired) electrons. The van der Waals surface area contributed by atoms with E-state index < -0.39 is 34.9 Å². The molecule has 1 heterocycles. The van der Waals surface area contributed by atoms with Crippen LogP contribution in [0.2, 0.25) is 0 Å². The Kier molecular flexibility index (Phi) is 7.24. The van der Waals surface area contributed by atoms with Crippen molar-refractivity contribution in [2.75, 3.05) is 19.8 Å². The number of hydrogen-bond acceptors (Lipinski definition) is 6. The third-order valence-corrected chi connectivity index (χ3v) is 4.47. The van der Waals surface area contributed by atoms with Crippen LogP contribution in [0.5, 0.6) is 0 Å². The maximum Gasteiger partial charge on any atom is 0.411 e. The standard InChI is InChI=1S/C23H26N2O6/c1-6-13-23(20(28)30-14-7-2)15-24(21(29)31-22(3,4)5)16-25(19(23)27)18(26)17-11-9-8-10-12-17/h1,7-12H,2,13-16H2,3-5H3. The average molecular weight is 426 g/mol. The molecule has 1 fully saturated rings. The summed E-state index contributed by atoms with van der Waals surface area (Å²) in [6.45, 7) is 7.60. The molecule has 0 spiro atoms. The molecular formula is C23H26N2O6. The molecule has 1 aromatic carbocycles. The van der Waals surface area contributed by atoms with Crippen LogP contribution >= 0.6 is 0 Å². The van der Waals surface area contributed by atoms with Gasteiger partial charge >= 0.3 is 12.1 Å². The summed E-state index contributed by atoms with van der Waals surface area (Å²) in [6, 6.07) is 8.06. The summed E-state index contributed by atoms with van der Waals surface area (Å²) >= 11 is 0. The van der Waals surface area contributed by atoms with E-state index in [2.05, 4.69) is 12.5 Å². The highest BCUT2D eigenvalue weighted by Crippen LogP contribution is 2.34. The minimum absolute atomic E-state index is 0.155. The second-order valence-corrected chi connectivity index (χ2v) is 8.07. The lowest BCUT2D eigenvalue weighted by Gasteiger charge is -2.43. The third kappa shape index (κ3) is 5.31. The van der Waals surface area contributed by atoms with E-state index in [0.717, 1.165) is 9.80 Å². The molecule has 0 bridgehead atoms. The fourth-order valence-corrected chi connectivity index (χ4v) is 3.08. The lowest BCUT2D eigenvalue weighted by atomic mass is 9.80. The molecule has 0 saturated carbocycles. The van der Waals surface area contributed by atoms with Gasteiger partial charge in [0.1, 0.15) is 18.9 Å². The summed E-state index contributed by atoms with van der Waals surface area (Å²) in [4.78, 5) is 54.2. The fourth-order valence-electron chi connectivity index (χ4n) is 3.08. The van der Waals surface area contributed by atoms with E-state index in [1.54, 1.807) is 39.0 Å². The Morgan fingerprint density at radius 3 is 2.45 bits per heavy atom. The first kappa shape index (κ1) is 23.7. The first-order valence-corrected chi connectivity index (χ1v) is 9.66. The van der Waals surface area contributed by atoms with Crippen LogP contribution in [0.4, 0.5) is 4.79 Å². The monoisotopic (exact) mass is 426 g/mol. The van der Waals surface area contributed by atoms with Gasteiger partial charge in [0.05, 0.1) is 6.54 Å². The lowest BCUT2D eigenvalue weighted by Crippen LogP contribution is -2.65. The third-order valence-electron chi connectivity index (χ3n) is 4.47. The molecular weight excluding hydrogens is 400 g/mol. The Balaban J connectivity index is 2.52. The molecule has 1 aliphatic heterocycles. The molecule has 0 aromatic heterocycles. The van der Waals surface area contributed by atoms with Crippen molar-refractivity contribution in [1.29, 1.82) is 0 Å². The minimum Gasteiger partial charge on any atom is -0.461 e. The van der Waals surface area contributed by atoms with Crippen molar-refractivity contribution in [2.24, 2.45) is 5.41 Å². The Morgan fingerprint density at radius 2 is 1.90 bits per heavy atom. The van der Waals surface area contributed by atoms with Gasteiger partial charge in [0.15, 0.2) is 5.41 Å². The zero-order valence-corrected chi connectivity index (χ0v) is 17.9. The molecule has 8 nitrogen and oxygen atoms in total. The van der Waals surface area contributed by atoms with Gasteiger partial charge in [-0.3, -0.25) is 24.2 Å². The lowest BCUT2D eigenvalue weighted by molar-refractivity contribution is -0.169. The number of ether oxygens (including phenoxy) is 2. The molecule has 1 unspecified atom stereocenters. The zero-order chi connectivity index (χ0) is 23.2. The van der Waals surface area contributed by atoms with E-state index in [9.17, 15) is 19.2 Å². The van der Waals surface area contributed by atoms with Crippen molar-refractivity contribution in [3.8, 4) is 12.3 Å². The van der Waals surface area contributed by atoms with Crippen LogP contribution in [-0.2, 0) is 19.1 Å². The highest BCUT2D eigenvalue weighted by Gasteiger charge is 2.56. The van der Waals surface area contributed by atoms with Crippen LogP contribution in [0, 0.1) is 17.8 Å². The van der Waals surface area contributed by atoms with Gasteiger partial charge in [0.25, 0.3) is 11.8 Å². The topological polar surface area (TPSA) is 93.2 Å². The van der Waals surface area contributed by atoms with E-state index in [-0.39, 0.29) is 31.8 Å². The summed E-state index contributed by atoms with van der Waals surface area (Å²) in [5.74, 6) is -0.122. The summed E-state index contributed by atoms with van der Waals surface area (Å²) in [5.41, 5.74) is -2.56. The number of terminal acetylenes is 1. The Labute approximate surface area is 181 Å². The number of hydrogen-bond donors (Lipinski definition) is 0. The van der Waals surface area contributed by atoms with Crippen LogP contribution in [-0.4, -0.2) is 59.1 Å². The summed E-state index contributed by atoms with van der Waals surface area (Å²) in [6.07, 6.45) is 5.65. The van der Waals surface area contributed by atoms with E-state index in [1.165, 1.54) is 18.2 Å². The van der Waals surface area contributed by atoms with E-state index >= 15 is 0 Å². The molecule has 2 rings (SSSR count). The van der Waals surface area contributed by atoms with Gasteiger partial charge in [0, 0.05) is 12.0 Å². The van der Waals surface area contributed by atoms with Crippen molar-refractivity contribution < 1.29 is 28.7 Å². The van der Waals surface area contributed by atoms with Crippen LogP contribution in [0.1, 0.15) is 37.6 Å². The van der Waals surface area contributed by atoms with Gasteiger partial charge in [-0.2, -0.15) is 0 Å². The minimum atomic E-state index is -1.95. The quantitative estimate of drug-likeness (QED) is 0.236. The van der Waals surface area contributed by atoms with Gasteiger partial charge in [-0.15, -0.1) is 12.3 Å². The number of carbonyl (C=O) groups excluding carboxylic acids is 4. The zero-order valence-electron chi connectivity index (χ0n) is 17.9. The predicted octanol–water partition coefficient (Wildman–Crippen LogP) is 2.60. The number of esters is 1. The largest absolute Gasteiger partial charge is 0.461 e. The first-order valence-electron chi connectivity index (χ1n) is 9.66. The van der Waals surface area contributed by atoms with Crippen LogP contribution in [0.15, 0.2) is 43.0 Å². The number of carbonyl (C=O) groups is 4. The maximum atomic E-state index is 13.4. The molecule has 0 aliphatic carbocycles. The van der Waals surface area contributed by atoms with Crippen LogP contribution in [0.3, 0.4) is 0 Å². The van der Waals surface area contributed by atoms with Gasteiger partial charge in [-0.25, -0.2) is 4.79 Å². The van der Waals surface area contributed by atoms with Gasteiger partial charge in [-0.1, -0.05) is 30.9 Å². The Morgan fingerprint density at radius 1 is 1.26 bits per heavy atom. The summed E-state index contributed by atoms with van der Waals surface area (Å²) < 4.78 is 10.5. The Bertz CT molecular complexity index is 912. The van der Waals surface area contributed by atoms with Crippen molar-refractivity contribution >= 4 is 23.9 Å². The van der Waals surface area contributed by atoms with Crippen molar-refractivity contribution in [3.63, 3.8) is 0 Å². The average Bonchev–Trinajstić information content (AvgIpc) is 2.72. The summed E-state index contributed by atoms with van der Waals surface area (Å²) in [5, 5.41) is 0. The molecule has 1 aromatic rings. The second-order valence-electron chi connectivity index (χ2n) is 8.07. The number of amides is 3. The molecule has 1 aliphatic rings. The molecule has 3 amide bonds. The van der Waals surface area contributed by atoms with Gasteiger partial charge < -0.3 is 9.47 Å². The first-order chi connectivity index (χ1) is 14.6. The fraction of sp³-hybridized carbons (Fsp3) is 0.391.